The van der Waals surface area contributed by atoms with Crippen molar-refractivity contribution in [2.45, 2.75) is 26.6 Å². The van der Waals surface area contributed by atoms with E-state index in [1.165, 1.54) is 0 Å². The van der Waals surface area contributed by atoms with E-state index in [4.69, 9.17) is 10.5 Å². The van der Waals surface area contributed by atoms with E-state index in [0.29, 0.717) is 6.61 Å². The maximum Gasteiger partial charge on any atom is 0.0869 e. The predicted molar refractivity (Wildman–Crippen MR) is 62.6 cm³/mol. The lowest BCUT2D eigenvalue weighted by Crippen LogP contribution is -2.02. The van der Waals surface area contributed by atoms with Gasteiger partial charge in [0.15, 0.2) is 0 Å². The molecular formula is C12H16N2O. The minimum Gasteiger partial charge on any atom is -0.397 e. The Morgan fingerprint density at radius 1 is 1.40 bits per heavy atom. The third kappa shape index (κ3) is 2.13. The number of anilines is 1. The molecule has 0 bridgehead atoms. The molecule has 3 nitrogen and oxygen atoms in total. The summed E-state index contributed by atoms with van der Waals surface area (Å²) in [6, 6.07) is 7.97. The molecule has 0 spiro atoms. The molecule has 0 aliphatic carbocycles. The average Bonchev–Trinajstić information content (AvgIpc) is 2.59. The topological polar surface area (TPSA) is 51.0 Å². The number of aromatic amines is 1. The Kier molecular flexibility index (Phi) is 2.64. The molecule has 0 radical (unpaired) electrons. The Hall–Kier alpha value is -1.48. The highest BCUT2D eigenvalue weighted by Crippen LogP contribution is 2.21. The van der Waals surface area contributed by atoms with Crippen molar-refractivity contribution in [1.29, 1.82) is 0 Å². The molecule has 0 unspecified atom stereocenters. The van der Waals surface area contributed by atoms with E-state index < -0.39 is 0 Å². The molecule has 3 N–H and O–H groups in total. The molecule has 0 fully saturated rings. The van der Waals surface area contributed by atoms with Gasteiger partial charge in [-0.2, -0.15) is 0 Å². The molecule has 0 amide bonds. The van der Waals surface area contributed by atoms with E-state index in [1.807, 2.05) is 32.0 Å². The van der Waals surface area contributed by atoms with Crippen molar-refractivity contribution in [1.82, 2.24) is 4.98 Å². The number of nitrogens with two attached hydrogens (primary N) is 1. The molecule has 0 atom stereocenters. The minimum absolute atomic E-state index is 0.244. The Balaban J connectivity index is 2.27. The van der Waals surface area contributed by atoms with E-state index in [0.717, 1.165) is 22.3 Å². The number of fused-ring (bicyclic) bond motifs is 1. The maximum atomic E-state index is 5.85. The van der Waals surface area contributed by atoms with E-state index in [-0.39, 0.29) is 6.10 Å². The lowest BCUT2D eigenvalue weighted by atomic mass is 10.2. The van der Waals surface area contributed by atoms with Crippen molar-refractivity contribution in [2.75, 3.05) is 5.73 Å². The van der Waals surface area contributed by atoms with Crippen LogP contribution in [0.5, 0.6) is 0 Å². The molecule has 1 aromatic heterocycles. The SMILES string of the molecule is CC(C)OCc1cc2cccc(N)c2[nH]1. The summed E-state index contributed by atoms with van der Waals surface area (Å²) in [5.74, 6) is 0. The number of aromatic nitrogens is 1. The van der Waals surface area contributed by atoms with Crippen molar-refractivity contribution in [3.63, 3.8) is 0 Å². The summed E-state index contributed by atoms with van der Waals surface area (Å²) in [7, 11) is 0. The summed E-state index contributed by atoms with van der Waals surface area (Å²) >= 11 is 0. The number of rotatable bonds is 3. The van der Waals surface area contributed by atoms with Crippen LogP contribution in [0.4, 0.5) is 5.69 Å². The summed E-state index contributed by atoms with van der Waals surface area (Å²) < 4.78 is 5.53. The zero-order valence-corrected chi connectivity index (χ0v) is 9.08. The highest BCUT2D eigenvalue weighted by atomic mass is 16.5. The molecule has 1 heterocycles. The van der Waals surface area contributed by atoms with Gasteiger partial charge >= 0.3 is 0 Å². The Morgan fingerprint density at radius 2 is 2.20 bits per heavy atom. The third-order valence-electron chi connectivity index (χ3n) is 2.32. The Bertz CT molecular complexity index is 460. The van der Waals surface area contributed by atoms with Gasteiger partial charge in [0.05, 0.1) is 23.9 Å². The minimum atomic E-state index is 0.244. The quantitative estimate of drug-likeness (QED) is 0.755. The van der Waals surface area contributed by atoms with Crippen LogP contribution in [-0.4, -0.2) is 11.1 Å². The smallest absolute Gasteiger partial charge is 0.0869 e. The standard InChI is InChI=1S/C12H16N2O/c1-8(2)15-7-10-6-9-4-3-5-11(13)12(9)14-10/h3-6,8,14H,7,13H2,1-2H3. The fraction of sp³-hybridized carbons (Fsp3) is 0.333. The van der Waals surface area contributed by atoms with Gasteiger partial charge in [0.2, 0.25) is 0 Å². The van der Waals surface area contributed by atoms with Gasteiger partial charge in [-0.15, -0.1) is 0 Å². The number of para-hydroxylation sites is 1. The lowest BCUT2D eigenvalue weighted by molar-refractivity contribution is 0.0639. The summed E-state index contributed by atoms with van der Waals surface area (Å²) in [4.78, 5) is 3.27. The molecule has 0 aliphatic rings. The fourth-order valence-corrected chi connectivity index (χ4v) is 1.57. The first kappa shape index (κ1) is 10.1. The summed E-state index contributed by atoms with van der Waals surface area (Å²) in [6.07, 6.45) is 0.244. The number of H-pyrrole nitrogens is 1. The molecule has 2 rings (SSSR count). The second-order valence-corrected chi connectivity index (χ2v) is 3.97. The van der Waals surface area contributed by atoms with Gasteiger partial charge < -0.3 is 15.5 Å². The van der Waals surface area contributed by atoms with Crippen LogP contribution in [0.25, 0.3) is 10.9 Å². The highest BCUT2D eigenvalue weighted by molar-refractivity contribution is 5.90. The van der Waals surface area contributed by atoms with Crippen LogP contribution < -0.4 is 5.73 Å². The summed E-state index contributed by atoms with van der Waals surface area (Å²) in [6.45, 7) is 4.65. The van der Waals surface area contributed by atoms with Crippen molar-refractivity contribution in [2.24, 2.45) is 0 Å². The molecule has 0 aliphatic heterocycles. The molecule has 80 valence electrons. The monoisotopic (exact) mass is 204 g/mol. The number of hydrogen-bond acceptors (Lipinski definition) is 2. The second-order valence-electron chi connectivity index (χ2n) is 3.97. The van der Waals surface area contributed by atoms with Crippen molar-refractivity contribution >= 4 is 16.6 Å². The van der Waals surface area contributed by atoms with Gasteiger partial charge in [0, 0.05) is 11.1 Å². The van der Waals surface area contributed by atoms with Crippen LogP contribution >= 0.6 is 0 Å². The molecule has 0 saturated heterocycles. The first-order valence-electron chi connectivity index (χ1n) is 5.14. The maximum absolute atomic E-state index is 5.85. The van der Waals surface area contributed by atoms with E-state index in [1.54, 1.807) is 0 Å². The summed E-state index contributed by atoms with van der Waals surface area (Å²) in [5, 5.41) is 1.14. The van der Waals surface area contributed by atoms with Gasteiger partial charge in [0.25, 0.3) is 0 Å². The van der Waals surface area contributed by atoms with Crippen molar-refractivity contribution < 1.29 is 4.74 Å². The molecule has 2 aromatic rings. The fourth-order valence-electron chi connectivity index (χ4n) is 1.57. The van der Waals surface area contributed by atoms with Gasteiger partial charge in [-0.05, 0) is 26.0 Å². The molecule has 1 aromatic carbocycles. The summed E-state index contributed by atoms with van der Waals surface area (Å²) in [5.41, 5.74) is 8.70. The van der Waals surface area contributed by atoms with E-state index in [2.05, 4.69) is 11.1 Å². The number of hydrogen-bond donors (Lipinski definition) is 2. The molecular weight excluding hydrogens is 188 g/mol. The third-order valence-corrected chi connectivity index (χ3v) is 2.32. The molecule has 3 heteroatoms. The zero-order valence-electron chi connectivity index (χ0n) is 9.08. The number of nitrogen functional groups attached to an aromatic ring is 1. The largest absolute Gasteiger partial charge is 0.397 e. The first-order chi connectivity index (χ1) is 7.16. The first-order valence-corrected chi connectivity index (χ1v) is 5.14. The predicted octanol–water partition coefficient (Wildman–Crippen LogP) is 2.68. The number of benzene rings is 1. The number of nitrogens with one attached hydrogen (secondary N) is 1. The van der Waals surface area contributed by atoms with Gasteiger partial charge in [-0.3, -0.25) is 0 Å². The van der Waals surface area contributed by atoms with Crippen molar-refractivity contribution in [3.8, 4) is 0 Å². The van der Waals surface area contributed by atoms with E-state index in [9.17, 15) is 0 Å². The Morgan fingerprint density at radius 3 is 2.87 bits per heavy atom. The normalized spacial score (nSPS) is 11.4. The van der Waals surface area contributed by atoms with Gasteiger partial charge in [0.1, 0.15) is 0 Å². The molecule has 0 saturated carbocycles. The molecule has 15 heavy (non-hydrogen) atoms. The zero-order chi connectivity index (χ0) is 10.8. The second kappa shape index (κ2) is 3.95. The van der Waals surface area contributed by atoms with Crippen molar-refractivity contribution in [3.05, 3.63) is 30.0 Å². The van der Waals surface area contributed by atoms with Crippen LogP contribution in [0.15, 0.2) is 24.3 Å². The Labute approximate surface area is 89.2 Å². The van der Waals surface area contributed by atoms with Crippen LogP contribution in [0, 0.1) is 0 Å². The van der Waals surface area contributed by atoms with Crippen LogP contribution in [-0.2, 0) is 11.3 Å². The van der Waals surface area contributed by atoms with Crippen LogP contribution in [0.3, 0.4) is 0 Å². The average molecular weight is 204 g/mol. The van der Waals surface area contributed by atoms with Gasteiger partial charge in [-0.25, -0.2) is 0 Å². The van der Waals surface area contributed by atoms with Gasteiger partial charge in [-0.1, -0.05) is 12.1 Å². The van der Waals surface area contributed by atoms with Crippen LogP contribution in [0.1, 0.15) is 19.5 Å². The van der Waals surface area contributed by atoms with E-state index >= 15 is 0 Å². The lowest BCUT2D eigenvalue weighted by Gasteiger charge is -2.04. The highest BCUT2D eigenvalue weighted by Gasteiger charge is 2.03. The van der Waals surface area contributed by atoms with Crippen LogP contribution in [0.2, 0.25) is 0 Å². The number of ether oxygens (including phenoxy) is 1.